The van der Waals surface area contributed by atoms with Crippen LogP contribution in [0.4, 0.5) is 0 Å². The molecule has 0 bridgehead atoms. The minimum Gasteiger partial charge on any atom is -0.267 e. The van der Waals surface area contributed by atoms with Gasteiger partial charge in [0.25, 0.3) is 5.56 Å². The number of aromatic nitrogens is 2. The first-order chi connectivity index (χ1) is 9.81. The van der Waals surface area contributed by atoms with Gasteiger partial charge < -0.3 is 0 Å². The second kappa shape index (κ2) is 5.29. The van der Waals surface area contributed by atoms with Crippen LogP contribution in [0.3, 0.4) is 0 Å². The average Bonchev–Trinajstić information content (AvgIpc) is 2.51. The molecular weight excluding hydrogens is 248 g/mol. The number of hydrogen-bond donors (Lipinski definition) is 0. The number of rotatable bonds is 3. The number of benzene rings is 2. The van der Waals surface area contributed by atoms with Crippen LogP contribution in [0.2, 0.25) is 0 Å². The Kier molecular flexibility index (Phi) is 3.33. The van der Waals surface area contributed by atoms with Gasteiger partial charge in [0.15, 0.2) is 0 Å². The Morgan fingerprint density at radius 2 is 1.60 bits per heavy atom. The monoisotopic (exact) mass is 264 g/mol. The van der Waals surface area contributed by atoms with Crippen molar-refractivity contribution in [3.05, 3.63) is 70.6 Å². The van der Waals surface area contributed by atoms with Gasteiger partial charge in [0.2, 0.25) is 0 Å². The predicted molar refractivity (Wildman–Crippen MR) is 81.3 cm³/mol. The summed E-state index contributed by atoms with van der Waals surface area (Å²) in [5.41, 5.74) is 1.72. The Morgan fingerprint density at radius 3 is 2.30 bits per heavy atom. The van der Waals surface area contributed by atoms with Gasteiger partial charge in [0, 0.05) is 5.39 Å². The number of hydrogen-bond acceptors (Lipinski definition) is 2. The Labute approximate surface area is 117 Å². The first-order valence-electron chi connectivity index (χ1n) is 6.87. The number of nitrogens with zero attached hydrogens (tertiary/aromatic N) is 2. The van der Waals surface area contributed by atoms with Gasteiger partial charge in [0.1, 0.15) is 0 Å². The molecule has 0 saturated carbocycles. The molecule has 0 fully saturated rings. The van der Waals surface area contributed by atoms with Crippen LogP contribution < -0.4 is 5.56 Å². The van der Waals surface area contributed by atoms with Gasteiger partial charge >= 0.3 is 0 Å². The lowest BCUT2D eigenvalue weighted by Crippen LogP contribution is -2.23. The van der Waals surface area contributed by atoms with Gasteiger partial charge in [-0.15, -0.1) is 0 Å². The van der Waals surface area contributed by atoms with E-state index in [9.17, 15) is 4.79 Å². The Bertz CT molecular complexity index is 791. The van der Waals surface area contributed by atoms with Crippen LogP contribution in [-0.4, -0.2) is 9.78 Å². The molecule has 100 valence electrons. The Hall–Kier alpha value is -2.42. The standard InChI is InChI=1S/C17H16N2O/c1-2-8-16-14-11-6-7-12-15(14)17(20)19(18-16)13-9-4-3-5-10-13/h3-7,9-12H,2,8H2,1H3. The summed E-state index contributed by atoms with van der Waals surface area (Å²) >= 11 is 0. The molecule has 3 nitrogen and oxygen atoms in total. The highest BCUT2D eigenvalue weighted by Crippen LogP contribution is 2.16. The van der Waals surface area contributed by atoms with Gasteiger partial charge in [-0.25, -0.2) is 0 Å². The van der Waals surface area contributed by atoms with E-state index in [0.29, 0.717) is 0 Å². The molecular formula is C17H16N2O. The highest BCUT2D eigenvalue weighted by atomic mass is 16.1. The van der Waals surface area contributed by atoms with Gasteiger partial charge in [-0.1, -0.05) is 49.7 Å². The van der Waals surface area contributed by atoms with Crippen molar-refractivity contribution in [2.24, 2.45) is 0 Å². The Balaban J connectivity index is 2.34. The van der Waals surface area contributed by atoms with Crippen LogP contribution in [0, 0.1) is 0 Å². The summed E-state index contributed by atoms with van der Waals surface area (Å²) in [5, 5.41) is 6.26. The molecule has 0 unspecified atom stereocenters. The lowest BCUT2D eigenvalue weighted by atomic mass is 10.1. The summed E-state index contributed by atoms with van der Waals surface area (Å²) in [6.45, 7) is 2.12. The zero-order chi connectivity index (χ0) is 13.9. The zero-order valence-electron chi connectivity index (χ0n) is 11.4. The van der Waals surface area contributed by atoms with E-state index in [1.54, 1.807) is 0 Å². The van der Waals surface area contributed by atoms with Crippen molar-refractivity contribution in [1.29, 1.82) is 0 Å². The molecule has 3 rings (SSSR count). The second-order valence-corrected chi connectivity index (χ2v) is 4.79. The first-order valence-corrected chi connectivity index (χ1v) is 6.87. The highest BCUT2D eigenvalue weighted by Gasteiger charge is 2.10. The maximum atomic E-state index is 12.6. The number of para-hydroxylation sites is 1. The smallest absolute Gasteiger partial charge is 0.267 e. The van der Waals surface area contributed by atoms with E-state index in [1.165, 1.54) is 4.68 Å². The van der Waals surface area contributed by atoms with Crippen molar-refractivity contribution in [2.75, 3.05) is 0 Å². The van der Waals surface area contributed by atoms with Crippen LogP contribution >= 0.6 is 0 Å². The minimum absolute atomic E-state index is 0.0633. The van der Waals surface area contributed by atoms with Gasteiger partial charge in [-0.3, -0.25) is 4.79 Å². The summed E-state index contributed by atoms with van der Waals surface area (Å²) in [6.07, 6.45) is 1.87. The van der Waals surface area contributed by atoms with E-state index >= 15 is 0 Å². The molecule has 3 heteroatoms. The van der Waals surface area contributed by atoms with E-state index < -0.39 is 0 Å². The molecule has 3 aromatic rings. The molecule has 0 N–H and O–H groups in total. The summed E-state index contributed by atoms with van der Waals surface area (Å²) in [5.74, 6) is 0. The fourth-order valence-corrected chi connectivity index (χ4v) is 2.42. The molecule has 1 aromatic heterocycles. The van der Waals surface area contributed by atoms with Crippen molar-refractivity contribution in [1.82, 2.24) is 9.78 Å². The highest BCUT2D eigenvalue weighted by molar-refractivity contribution is 5.83. The zero-order valence-corrected chi connectivity index (χ0v) is 11.4. The van der Waals surface area contributed by atoms with Gasteiger partial charge in [0.05, 0.1) is 16.8 Å². The maximum Gasteiger partial charge on any atom is 0.279 e. The summed E-state index contributed by atoms with van der Waals surface area (Å²) in [7, 11) is 0. The fraction of sp³-hybridized carbons (Fsp3) is 0.176. The molecule has 0 saturated heterocycles. The maximum absolute atomic E-state index is 12.6. The van der Waals surface area contributed by atoms with Crippen molar-refractivity contribution >= 4 is 10.8 Å². The molecule has 0 atom stereocenters. The third kappa shape index (κ3) is 2.11. The normalized spacial score (nSPS) is 10.8. The van der Waals surface area contributed by atoms with Crippen molar-refractivity contribution in [3.63, 3.8) is 0 Å². The SMILES string of the molecule is CCCc1nn(-c2ccccc2)c(=O)c2ccccc12. The molecule has 0 amide bonds. The summed E-state index contributed by atoms with van der Waals surface area (Å²) < 4.78 is 1.51. The van der Waals surface area contributed by atoms with Crippen molar-refractivity contribution in [2.45, 2.75) is 19.8 Å². The number of aryl methyl sites for hydroxylation is 1. The lowest BCUT2D eigenvalue weighted by Gasteiger charge is -2.10. The topological polar surface area (TPSA) is 34.9 Å². The van der Waals surface area contributed by atoms with E-state index in [1.807, 2.05) is 54.6 Å². The van der Waals surface area contributed by atoms with Gasteiger partial charge in [-0.2, -0.15) is 9.78 Å². The van der Waals surface area contributed by atoms with Crippen LogP contribution in [-0.2, 0) is 6.42 Å². The molecule has 0 spiro atoms. The van der Waals surface area contributed by atoms with E-state index in [4.69, 9.17) is 0 Å². The third-order valence-electron chi connectivity index (χ3n) is 3.37. The van der Waals surface area contributed by atoms with Crippen molar-refractivity contribution < 1.29 is 0 Å². The largest absolute Gasteiger partial charge is 0.279 e. The lowest BCUT2D eigenvalue weighted by molar-refractivity contribution is 0.758. The average molecular weight is 264 g/mol. The van der Waals surface area contributed by atoms with E-state index in [0.717, 1.165) is 35.0 Å². The summed E-state index contributed by atoms with van der Waals surface area (Å²) in [4.78, 5) is 12.6. The molecule has 0 aliphatic heterocycles. The molecule has 20 heavy (non-hydrogen) atoms. The molecule has 0 aliphatic rings. The quantitative estimate of drug-likeness (QED) is 0.727. The van der Waals surface area contributed by atoms with Crippen LogP contribution in [0.25, 0.3) is 16.5 Å². The fourth-order valence-electron chi connectivity index (χ4n) is 2.42. The van der Waals surface area contributed by atoms with Crippen LogP contribution in [0.15, 0.2) is 59.4 Å². The third-order valence-corrected chi connectivity index (χ3v) is 3.37. The van der Waals surface area contributed by atoms with E-state index in [2.05, 4.69) is 12.0 Å². The Morgan fingerprint density at radius 1 is 0.950 bits per heavy atom. The summed E-state index contributed by atoms with van der Waals surface area (Å²) in [6, 6.07) is 17.3. The van der Waals surface area contributed by atoms with Crippen LogP contribution in [0.1, 0.15) is 19.0 Å². The van der Waals surface area contributed by atoms with Crippen molar-refractivity contribution in [3.8, 4) is 5.69 Å². The minimum atomic E-state index is -0.0633. The second-order valence-electron chi connectivity index (χ2n) is 4.79. The number of fused-ring (bicyclic) bond motifs is 1. The molecule has 0 radical (unpaired) electrons. The molecule has 2 aromatic carbocycles. The van der Waals surface area contributed by atoms with Crippen LogP contribution in [0.5, 0.6) is 0 Å². The molecule has 0 aliphatic carbocycles. The first kappa shape index (κ1) is 12.6. The van der Waals surface area contributed by atoms with E-state index in [-0.39, 0.29) is 5.56 Å². The predicted octanol–water partition coefficient (Wildman–Crippen LogP) is 3.34. The molecule has 1 heterocycles. The van der Waals surface area contributed by atoms with Gasteiger partial charge in [-0.05, 0) is 24.6 Å².